The Balaban J connectivity index is 1.65. The summed E-state index contributed by atoms with van der Waals surface area (Å²) in [4.78, 5) is 20.7. The molecule has 0 bridgehead atoms. The molecule has 0 aliphatic heterocycles. The first-order valence-electron chi connectivity index (χ1n) is 7.31. The molecule has 3 rings (SSSR count). The monoisotopic (exact) mass is 393 g/mol. The van der Waals surface area contributed by atoms with Gasteiger partial charge in [-0.15, -0.1) is 11.3 Å². The number of nitrogens with zero attached hydrogens (tertiary/aromatic N) is 2. The number of rotatable bonds is 5. The van der Waals surface area contributed by atoms with E-state index in [1.165, 1.54) is 11.3 Å². The van der Waals surface area contributed by atoms with Gasteiger partial charge < -0.3 is 4.74 Å². The number of hydrogen-bond donors (Lipinski definition) is 1. The fourth-order valence-electron chi connectivity index (χ4n) is 2.01. The largest absolute Gasteiger partial charge is 0.479 e. The molecule has 3 aromatic rings. The molecule has 25 heavy (non-hydrogen) atoms. The van der Waals surface area contributed by atoms with Gasteiger partial charge in [-0.3, -0.25) is 15.1 Å². The second kappa shape index (κ2) is 7.82. The number of nitrogens with one attached hydrogen (secondary N) is 1. The van der Waals surface area contributed by atoms with Crippen molar-refractivity contribution in [1.29, 1.82) is 0 Å². The number of hydrogen-bond acceptors (Lipinski definition) is 5. The normalized spacial score (nSPS) is 11.8. The minimum absolute atomic E-state index is 0.318. The summed E-state index contributed by atoms with van der Waals surface area (Å²) in [6.45, 7) is 1.64. The quantitative estimate of drug-likeness (QED) is 0.667. The van der Waals surface area contributed by atoms with Gasteiger partial charge in [0.2, 0.25) is 0 Å². The highest BCUT2D eigenvalue weighted by atomic mass is 35.5. The first-order valence-corrected chi connectivity index (χ1v) is 8.95. The Morgan fingerprint density at radius 1 is 1.24 bits per heavy atom. The maximum absolute atomic E-state index is 12.3. The Kier molecular flexibility index (Phi) is 5.53. The number of pyridine rings is 1. The van der Waals surface area contributed by atoms with Crippen molar-refractivity contribution in [2.24, 2.45) is 0 Å². The second-order valence-electron chi connectivity index (χ2n) is 5.10. The highest BCUT2D eigenvalue weighted by molar-refractivity contribution is 7.14. The Morgan fingerprint density at radius 2 is 2.00 bits per heavy atom. The van der Waals surface area contributed by atoms with Crippen molar-refractivity contribution in [3.63, 3.8) is 0 Å². The summed E-state index contributed by atoms with van der Waals surface area (Å²) in [5, 5.41) is 5.95. The van der Waals surface area contributed by atoms with E-state index < -0.39 is 6.10 Å². The molecule has 1 atom stereocenters. The van der Waals surface area contributed by atoms with Crippen LogP contribution in [0.5, 0.6) is 5.75 Å². The van der Waals surface area contributed by atoms with Gasteiger partial charge in [0.05, 0.1) is 10.7 Å². The summed E-state index contributed by atoms with van der Waals surface area (Å²) >= 11 is 13.2. The first kappa shape index (κ1) is 17.7. The van der Waals surface area contributed by atoms with Crippen molar-refractivity contribution in [2.75, 3.05) is 5.32 Å². The van der Waals surface area contributed by atoms with E-state index in [0.29, 0.717) is 20.9 Å². The molecule has 0 unspecified atom stereocenters. The van der Waals surface area contributed by atoms with Crippen molar-refractivity contribution in [3.8, 4) is 17.0 Å². The summed E-state index contributed by atoms with van der Waals surface area (Å²) in [5.74, 6) is 0.0759. The highest BCUT2D eigenvalue weighted by Crippen LogP contribution is 2.29. The van der Waals surface area contributed by atoms with Crippen LogP contribution < -0.4 is 10.1 Å². The van der Waals surface area contributed by atoms with E-state index >= 15 is 0 Å². The predicted octanol–water partition coefficient (Wildman–Crippen LogP) is 4.92. The lowest BCUT2D eigenvalue weighted by Crippen LogP contribution is -2.30. The van der Waals surface area contributed by atoms with E-state index in [4.69, 9.17) is 27.9 Å². The first-order chi connectivity index (χ1) is 12.0. The van der Waals surface area contributed by atoms with Gasteiger partial charge in [-0.05, 0) is 37.3 Å². The minimum Gasteiger partial charge on any atom is -0.479 e. The molecule has 1 aromatic carbocycles. The van der Waals surface area contributed by atoms with E-state index in [1.54, 1.807) is 37.5 Å². The van der Waals surface area contributed by atoms with Crippen LogP contribution in [-0.2, 0) is 4.79 Å². The fourth-order valence-corrected chi connectivity index (χ4v) is 3.18. The number of ether oxygens (including phenoxy) is 1. The SMILES string of the molecule is C[C@@H](Oc1ccc(Cl)cc1Cl)C(=O)Nc1nc(-c2ccncc2)cs1. The molecule has 0 spiro atoms. The maximum atomic E-state index is 12.3. The van der Waals surface area contributed by atoms with E-state index in [0.717, 1.165) is 11.3 Å². The van der Waals surface area contributed by atoms with Crippen molar-refractivity contribution in [1.82, 2.24) is 9.97 Å². The molecule has 0 aliphatic rings. The third-order valence-electron chi connectivity index (χ3n) is 3.28. The molecule has 8 heteroatoms. The van der Waals surface area contributed by atoms with Crippen LogP contribution >= 0.6 is 34.5 Å². The number of benzene rings is 1. The van der Waals surface area contributed by atoms with E-state index in [9.17, 15) is 4.79 Å². The van der Waals surface area contributed by atoms with Gasteiger partial charge in [-0.1, -0.05) is 23.2 Å². The highest BCUT2D eigenvalue weighted by Gasteiger charge is 2.18. The van der Waals surface area contributed by atoms with Gasteiger partial charge in [0.15, 0.2) is 11.2 Å². The van der Waals surface area contributed by atoms with Crippen molar-refractivity contribution in [3.05, 3.63) is 58.2 Å². The van der Waals surface area contributed by atoms with Gasteiger partial charge in [-0.25, -0.2) is 4.98 Å². The molecule has 5 nitrogen and oxygen atoms in total. The van der Waals surface area contributed by atoms with Gasteiger partial charge in [-0.2, -0.15) is 0 Å². The maximum Gasteiger partial charge on any atom is 0.266 e. The Hall–Kier alpha value is -2.15. The third kappa shape index (κ3) is 4.48. The van der Waals surface area contributed by atoms with Crippen LogP contribution in [0.3, 0.4) is 0 Å². The predicted molar refractivity (Wildman–Crippen MR) is 101 cm³/mol. The molecule has 0 saturated carbocycles. The van der Waals surface area contributed by atoms with Crippen molar-refractivity contribution < 1.29 is 9.53 Å². The fraction of sp³-hybridized carbons (Fsp3) is 0.118. The van der Waals surface area contributed by atoms with Crippen LogP contribution in [0.25, 0.3) is 11.3 Å². The molecule has 0 radical (unpaired) electrons. The van der Waals surface area contributed by atoms with E-state index in [2.05, 4.69) is 15.3 Å². The molecule has 128 valence electrons. The molecule has 1 N–H and O–H groups in total. The van der Waals surface area contributed by atoms with E-state index in [-0.39, 0.29) is 5.91 Å². The summed E-state index contributed by atoms with van der Waals surface area (Å²) < 4.78 is 5.59. The molecule has 0 saturated heterocycles. The lowest BCUT2D eigenvalue weighted by Gasteiger charge is -2.14. The number of carbonyl (C=O) groups is 1. The smallest absolute Gasteiger partial charge is 0.266 e. The molecule has 2 heterocycles. The number of carbonyl (C=O) groups excluding carboxylic acids is 1. The molecule has 2 aromatic heterocycles. The summed E-state index contributed by atoms with van der Waals surface area (Å²) in [6.07, 6.45) is 2.64. The zero-order valence-electron chi connectivity index (χ0n) is 13.1. The molecular weight excluding hydrogens is 381 g/mol. The zero-order chi connectivity index (χ0) is 17.8. The molecule has 0 fully saturated rings. The number of amides is 1. The Morgan fingerprint density at radius 3 is 2.72 bits per heavy atom. The summed E-state index contributed by atoms with van der Waals surface area (Å²) in [5.41, 5.74) is 1.71. The molecular formula is C17H13Cl2N3O2S. The lowest BCUT2D eigenvalue weighted by atomic mass is 10.2. The van der Waals surface area contributed by atoms with Gasteiger partial charge >= 0.3 is 0 Å². The topological polar surface area (TPSA) is 64.1 Å². The van der Waals surface area contributed by atoms with Crippen LogP contribution in [0.2, 0.25) is 10.0 Å². The lowest BCUT2D eigenvalue weighted by molar-refractivity contribution is -0.122. The van der Waals surface area contributed by atoms with E-state index in [1.807, 2.05) is 17.5 Å². The zero-order valence-corrected chi connectivity index (χ0v) is 15.4. The summed E-state index contributed by atoms with van der Waals surface area (Å²) in [7, 11) is 0. The van der Waals surface area contributed by atoms with Crippen molar-refractivity contribution >= 4 is 45.6 Å². The average molecular weight is 394 g/mol. The van der Waals surface area contributed by atoms with Crippen LogP contribution in [0, 0.1) is 0 Å². The second-order valence-corrected chi connectivity index (χ2v) is 6.80. The molecule has 1 amide bonds. The van der Waals surface area contributed by atoms with Crippen LogP contribution in [-0.4, -0.2) is 22.0 Å². The van der Waals surface area contributed by atoms with Gasteiger partial charge in [0, 0.05) is 28.4 Å². The molecule has 0 aliphatic carbocycles. The standard InChI is InChI=1S/C17H13Cl2N3O2S/c1-10(24-15-3-2-12(18)8-13(15)19)16(23)22-17-21-14(9-25-17)11-4-6-20-7-5-11/h2-10H,1H3,(H,21,22,23)/t10-/m1/s1. The number of halogens is 2. The van der Waals surface area contributed by atoms with Crippen LogP contribution in [0.1, 0.15) is 6.92 Å². The van der Waals surface area contributed by atoms with Crippen molar-refractivity contribution in [2.45, 2.75) is 13.0 Å². The number of thiazole rings is 1. The van der Waals surface area contributed by atoms with Gasteiger partial charge in [0.1, 0.15) is 5.75 Å². The Labute approximate surface area is 158 Å². The number of anilines is 1. The third-order valence-corrected chi connectivity index (χ3v) is 4.57. The van der Waals surface area contributed by atoms with Crippen LogP contribution in [0.4, 0.5) is 5.13 Å². The average Bonchev–Trinajstić information content (AvgIpc) is 3.06. The minimum atomic E-state index is -0.744. The number of aromatic nitrogens is 2. The van der Waals surface area contributed by atoms with Gasteiger partial charge in [0.25, 0.3) is 5.91 Å². The summed E-state index contributed by atoms with van der Waals surface area (Å²) in [6, 6.07) is 8.54. The Bertz CT molecular complexity index is 887. The van der Waals surface area contributed by atoms with Crippen LogP contribution in [0.15, 0.2) is 48.1 Å².